The highest BCUT2D eigenvalue weighted by Gasteiger charge is 2.91. The van der Waals surface area contributed by atoms with Crippen LogP contribution in [0.4, 0.5) is 5.69 Å². The van der Waals surface area contributed by atoms with Crippen molar-refractivity contribution in [2.75, 3.05) is 47.9 Å². The van der Waals surface area contributed by atoms with Crippen LogP contribution in [-0.2, 0) is 28.4 Å². The molecule has 1 heterocycles. The van der Waals surface area contributed by atoms with Crippen LogP contribution in [0.2, 0.25) is 0 Å². The number of carbonyl (C=O) groups excluding carboxylic acids is 1. The van der Waals surface area contributed by atoms with Crippen LogP contribution >= 0.6 is 0 Å². The van der Waals surface area contributed by atoms with Gasteiger partial charge in [-0.1, -0.05) is 12.1 Å². The van der Waals surface area contributed by atoms with E-state index in [9.17, 15) is 9.90 Å². The zero-order valence-corrected chi connectivity index (χ0v) is 24.4. The zero-order chi connectivity index (χ0) is 28.9. The molecule has 1 spiro atoms. The number of hydrogen-bond donors (Lipinski definition) is 2. The van der Waals surface area contributed by atoms with Gasteiger partial charge in [-0.2, -0.15) is 0 Å². The molecular formula is C31H42N2O8. The minimum Gasteiger partial charge on any atom is -0.461 e. The van der Waals surface area contributed by atoms with Gasteiger partial charge in [0, 0.05) is 82.5 Å². The van der Waals surface area contributed by atoms with Gasteiger partial charge in [0.25, 0.3) is 0 Å². The molecular weight excluding hydrogens is 528 g/mol. The number of esters is 1. The first-order valence-electron chi connectivity index (χ1n) is 14.7. The molecule has 0 saturated heterocycles. The van der Waals surface area contributed by atoms with Crippen LogP contribution in [0, 0.1) is 34.5 Å². The number of benzene rings is 1. The monoisotopic (exact) mass is 570 g/mol. The van der Waals surface area contributed by atoms with Gasteiger partial charge in [-0.15, -0.1) is 0 Å². The van der Waals surface area contributed by atoms with E-state index in [0.29, 0.717) is 24.1 Å². The van der Waals surface area contributed by atoms with Gasteiger partial charge >= 0.3 is 5.97 Å². The Kier molecular flexibility index (Phi) is 6.23. The molecule has 0 radical (unpaired) electrons. The number of rotatable bonds is 8. The lowest BCUT2D eigenvalue weighted by atomic mass is 9.44. The standard InChI is InChI=1S/C31H42N2O8/c1-36-20-13-29(40-5)22-18(12-17(20)23(22)38-3)30-21(37-2)10-11-28(15-41-26(34)16-8-6-7-9-19(16)32)14-33-27(30)31(29,35)25(39-4)24(28)30/h6-9,14,17-18,20-25,27,35H,10-13,15,32H2,1-5H3/t17-,18-,20?,21?,22-,23?,24-,25?,27+,28+,29-,30+,31-/m1/s1. The van der Waals surface area contributed by atoms with E-state index in [4.69, 9.17) is 39.1 Å². The number of aliphatic imine (C=N–C) groups is 1. The molecule has 13 atom stereocenters. The Morgan fingerprint density at radius 1 is 1.10 bits per heavy atom. The number of aliphatic hydroxyl groups is 1. The first-order chi connectivity index (χ1) is 19.7. The highest BCUT2D eigenvalue weighted by Crippen LogP contribution is 2.80. The minimum atomic E-state index is -1.49. The van der Waals surface area contributed by atoms with Crippen LogP contribution in [0.25, 0.3) is 0 Å². The van der Waals surface area contributed by atoms with Gasteiger partial charge in [0.2, 0.25) is 0 Å². The summed E-state index contributed by atoms with van der Waals surface area (Å²) in [7, 11) is 8.58. The van der Waals surface area contributed by atoms with Gasteiger partial charge in [-0.25, -0.2) is 4.79 Å². The van der Waals surface area contributed by atoms with Crippen molar-refractivity contribution >= 4 is 17.9 Å². The van der Waals surface area contributed by atoms with Crippen LogP contribution < -0.4 is 5.73 Å². The molecule has 1 aromatic rings. The van der Waals surface area contributed by atoms with Gasteiger partial charge in [0.15, 0.2) is 0 Å². The predicted octanol–water partition coefficient (Wildman–Crippen LogP) is 2.12. The lowest BCUT2D eigenvalue weighted by Crippen LogP contribution is -2.78. The summed E-state index contributed by atoms with van der Waals surface area (Å²) in [6.07, 6.45) is 3.61. The molecule has 7 bridgehead atoms. The number of anilines is 1. The van der Waals surface area contributed by atoms with E-state index in [-0.39, 0.29) is 48.6 Å². The van der Waals surface area contributed by atoms with Crippen molar-refractivity contribution in [3.8, 4) is 0 Å². The molecule has 10 heteroatoms. The number of methoxy groups -OCH3 is 5. The van der Waals surface area contributed by atoms with Gasteiger partial charge in [0.05, 0.1) is 36.0 Å². The van der Waals surface area contributed by atoms with Crippen molar-refractivity contribution in [1.82, 2.24) is 0 Å². The summed E-state index contributed by atoms with van der Waals surface area (Å²) in [5.41, 5.74) is 3.07. The van der Waals surface area contributed by atoms with E-state index in [0.717, 1.165) is 12.8 Å². The molecule has 3 N–H and O–H groups in total. The average Bonchev–Trinajstić information content (AvgIpc) is 3.37. The number of hydrogen-bond acceptors (Lipinski definition) is 10. The third kappa shape index (κ3) is 2.99. The predicted molar refractivity (Wildman–Crippen MR) is 149 cm³/mol. The highest BCUT2D eigenvalue weighted by molar-refractivity contribution is 5.95. The summed E-state index contributed by atoms with van der Waals surface area (Å²) in [6.45, 7) is 0.102. The van der Waals surface area contributed by atoms with Crippen molar-refractivity contribution < 1.29 is 38.3 Å². The van der Waals surface area contributed by atoms with E-state index in [2.05, 4.69) is 0 Å². The largest absolute Gasteiger partial charge is 0.461 e. The quantitative estimate of drug-likeness (QED) is 0.356. The number of ether oxygens (including phenoxy) is 6. The zero-order valence-electron chi connectivity index (χ0n) is 24.4. The topological polar surface area (TPSA) is 131 Å². The fraction of sp³-hybridized carbons (Fsp3) is 0.742. The summed E-state index contributed by atoms with van der Waals surface area (Å²) >= 11 is 0. The first-order valence-corrected chi connectivity index (χ1v) is 14.7. The van der Waals surface area contributed by atoms with Crippen molar-refractivity contribution in [2.24, 2.45) is 39.5 Å². The summed E-state index contributed by atoms with van der Waals surface area (Å²) in [6, 6.07) is 6.40. The highest BCUT2D eigenvalue weighted by atomic mass is 16.5. The molecule has 5 fully saturated rings. The number of nitrogens with zero attached hydrogens (tertiary/aromatic N) is 1. The van der Waals surface area contributed by atoms with Crippen molar-refractivity contribution in [3.05, 3.63) is 29.8 Å². The van der Waals surface area contributed by atoms with Crippen molar-refractivity contribution in [1.29, 1.82) is 0 Å². The molecule has 5 saturated carbocycles. The van der Waals surface area contributed by atoms with Crippen LogP contribution in [0.5, 0.6) is 0 Å². The molecule has 5 aliphatic carbocycles. The van der Waals surface area contributed by atoms with Gasteiger partial charge in [0.1, 0.15) is 17.8 Å². The molecule has 41 heavy (non-hydrogen) atoms. The van der Waals surface area contributed by atoms with E-state index >= 15 is 0 Å². The molecule has 0 aromatic heterocycles. The number of nitrogens with two attached hydrogens (primary N) is 1. The van der Waals surface area contributed by atoms with Gasteiger partial charge in [-0.05, 0) is 37.3 Å². The number of fused-ring (bicyclic) bond motifs is 2. The molecule has 7 rings (SSSR count). The summed E-state index contributed by atoms with van der Waals surface area (Å²) in [5, 5.41) is 13.3. The smallest absolute Gasteiger partial charge is 0.340 e. The number of carbonyl (C=O) groups is 1. The first kappa shape index (κ1) is 27.7. The minimum absolute atomic E-state index is 0.0653. The van der Waals surface area contributed by atoms with E-state index in [1.165, 1.54) is 0 Å². The summed E-state index contributed by atoms with van der Waals surface area (Å²) in [4.78, 5) is 18.5. The van der Waals surface area contributed by atoms with Crippen LogP contribution in [-0.4, -0.2) is 101 Å². The van der Waals surface area contributed by atoms with E-state index in [1.54, 1.807) is 59.8 Å². The molecule has 1 aromatic carbocycles. The lowest BCUT2D eigenvalue weighted by molar-refractivity contribution is -0.302. The molecule has 224 valence electrons. The van der Waals surface area contributed by atoms with Crippen LogP contribution in [0.3, 0.4) is 0 Å². The van der Waals surface area contributed by atoms with Gasteiger partial charge in [-0.3, -0.25) is 4.99 Å². The van der Waals surface area contributed by atoms with E-state index in [1.807, 2.05) is 6.21 Å². The lowest BCUT2D eigenvalue weighted by Gasteiger charge is -2.66. The Balaban J connectivity index is 1.39. The van der Waals surface area contributed by atoms with Crippen molar-refractivity contribution in [2.45, 2.75) is 67.3 Å². The normalized spacial score (nSPS) is 50.1. The maximum Gasteiger partial charge on any atom is 0.340 e. The van der Waals surface area contributed by atoms with E-state index < -0.39 is 40.1 Å². The Morgan fingerprint density at radius 2 is 1.88 bits per heavy atom. The number of nitrogen functional groups attached to an aromatic ring is 1. The SMILES string of the molecule is COC1C[C@@]2(OC)[C@H]3C(OC)[C@@H]1C[C@H]3[C@@]13C(OC)CC[C@@]4(COC(=O)c5ccccc5N)C=N[C@@H]1[C@]2(O)C(OC)[C@H]43. The van der Waals surface area contributed by atoms with Crippen LogP contribution in [0.1, 0.15) is 36.0 Å². The maximum absolute atomic E-state index is 13.3. The fourth-order valence-electron chi connectivity index (χ4n) is 11.3. The summed E-state index contributed by atoms with van der Waals surface area (Å²) < 4.78 is 37.6. The van der Waals surface area contributed by atoms with Crippen LogP contribution in [0.15, 0.2) is 29.3 Å². The Morgan fingerprint density at radius 3 is 2.54 bits per heavy atom. The second-order valence-corrected chi connectivity index (χ2v) is 13.1. The van der Waals surface area contributed by atoms with Gasteiger partial charge < -0.3 is 39.3 Å². The Hall–Kier alpha value is -2.08. The molecule has 10 nitrogen and oxygen atoms in total. The third-order valence-electron chi connectivity index (χ3n) is 12.4. The third-order valence-corrected chi connectivity index (χ3v) is 12.4. The Labute approximate surface area is 240 Å². The average molecular weight is 571 g/mol. The molecule has 0 amide bonds. The summed E-state index contributed by atoms with van der Waals surface area (Å²) in [5.74, 6) is -0.592. The Bertz CT molecular complexity index is 1260. The molecule has 6 aliphatic rings. The molecule has 4 unspecified atom stereocenters. The second kappa shape index (κ2) is 9.21. The number of para-hydroxylation sites is 1. The molecule has 1 aliphatic heterocycles. The second-order valence-electron chi connectivity index (χ2n) is 13.1. The fourth-order valence-corrected chi connectivity index (χ4v) is 11.3. The van der Waals surface area contributed by atoms with Crippen molar-refractivity contribution in [3.63, 3.8) is 0 Å². The maximum atomic E-state index is 13.3.